The van der Waals surface area contributed by atoms with E-state index in [0.717, 1.165) is 0 Å². The maximum absolute atomic E-state index is 13.1. The molecule has 1 N–H and O–H groups in total. The number of hydrazone groups is 1. The van der Waals surface area contributed by atoms with E-state index >= 15 is 0 Å². The maximum Gasteiger partial charge on any atom is 0.137 e. The van der Waals surface area contributed by atoms with Crippen molar-refractivity contribution in [3.05, 3.63) is 61.3 Å². The normalized spacial score (nSPS) is 11.1. The van der Waals surface area contributed by atoms with Gasteiger partial charge in [-0.25, -0.2) is 4.39 Å². The van der Waals surface area contributed by atoms with Gasteiger partial charge in [0.15, 0.2) is 0 Å². The molecule has 20 heavy (non-hydrogen) atoms. The summed E-state index contributed by atoms with van der Waals surface area (Å²) in [5.41, 5.74) is 3.90. The van der Waals surface area contributed by atoms with E-state index < -0.39 is 0 Å². The molecule has 104 valence electrons. The summed E-state index contributed by atoms with van der Waals surface area (Å²) >= 11 is 20.9. The molecule has 0 aromatic heterocycles. The zero-order valence-electron chi connectivity index (χ0n) is 9.80. The molecule has 0 saturated heterocycles. The molecule has 0 aliphatic heterocycles. The molecule has 0 aliphatic rings. The van der Waals surface area contributed by atoms with Crippen LogP contribution in [0, 0.1) is 5.82 Å². The number of nitrogens with zero attached hydrogens (tertiary/aromatic N) is 1. The van der Waals surface area contributed by atoms with Crippen molar-refractivity contribution in [2.75, 3.05) is 5.43 Å². The molecule has 0 saturated carbocycles. The minimum absolute atomic E-state index is 0.334. The Balaban J connectivity index is 2.16. The summed E-state index contributed by atoms with van der Waals surface area (Å²) in [6.45, 7) is 0. The number of halogens is 5. The standard InChI is InChI=1S/C13H7BrCl3FN2/c14-9-3-7(1-2-12(9)18)6-19-20-13-10(16)4-8(15)5-11(13)17/h1-6,20H. The number of hydrogen-bond donors (Lipinski definition) is 1. The molecule has 0 atom stereocenters. The summed E-state index contributed by atoms with van der Waals surface area (Å²) in [7, 11) is 0. The molecule has 0 spiro atoms. The van der Waals surface area contributed by atoms with Crippen LogP contribution in [0.4, 0.5) is 10.1 Å². The molecule has 0 bridgehead atoms. The van der Waals surface area contributed by atoms with Gasteiger partial charge in [0.2, 0.25) is 0 Å². The van der Waals surface area contributed by atoms with E-state index in [-0.39, 0.29) is 5.82 Å². The van der Waals surface area contributed by atoms with Gasteiger partial charge in [0.1, 0.15) is 5.82 Å². The van der Waals surface area contributed by atoms with Crippen LogP contribution >= 0.6 is 50.7 Å². The molecule has 2 rings (SSSR count). The van der Waals surface area contributed by atoms with E-state index in [0.29, 0.717) is 30.8 Å². The van der Waals surface area contributed by atoms with Crippen LogP contribution in [0.5, 0.6) is 0 Å². The van der Waals surface area contributed by atoms with E-state index in [1.54, 1.807) is 24.3 Å². The van der Waals surface area contributed by atoms with Crippen LogP contribution in [0.25, 0.3) is 0 Å². The van der Waals surface area contributed by atoms with E-state index in [2.05, 4.69) is 26.5 Å². The molecule has 0 heterocycles. The summed E-state index contributed by atoms with van der Waals surface area (Å²) in [6, 6.07) is 7.65. The first kappa shape index (κ1) is 15.6. The van der Waals surface area contributed by atoms with Crippen LogP contribution in [0.1, 0.15) is 5.56 Å². The predicted molar refractivity (Wildman–Crippen MR) is 86.8 cm³/mol. The molecule has 0 amide bonds. The average Bonchev–Trinajstić information content (AvgIpc) is 2.36. The van der Waals surface area contributed by atoms with Gasteiger partial charge in [0.05, 0.1) is 26.4 Å². The summed E-state index contributed by atoms with van der Waals surface area (Å²) < 4.78 is 13.4. The molecule has 2 aromatic rings. The van der Waals surface area contributed by atoms with Crippen molar-refractivity contribution < 1.29 is 4.39 Å². The minimum atomic E-state index is -0.334. The third-order valence-corrected chi connectivity index (χ3v) is 3.76. The van der Waals surface area contributed by atoms with Gasteiger partial charge >= 0.3 is 0 Å². The topological polar surface area (TPSA) is 24.4 Å². The number of hydrogen-bond acceptors (Lipinski definition) is 2. The summed E-state index contributed by atoms with van der Waals surface area (Å²) in [5, 5.41) is 5.17. The highest BCUT2D eigenvalue weighted by Gasteiger charge is 2.06. The van der Waals surface area contributed by atoms with Crippen molar-refractivity contribution in [1.82, 2.24) is 0 Å². The van der Waals surface area contributed by atoms with E-state index in [9.17, 15) is 4.39 Å². The minimum Gasteiger partial charge on any atom is -0.275 e. The van der Waals surface area contributed by atoms with E-state index in [4.69, 9.17) is 34.8 Å². The summed E-state index contributed by atoms with van der Waals surface area (Å²) in [6.07, 6.45) is 1.52. The smallest absolute Gasteiger partial charge is 0.137 e. The first-order valence-electron chi connectivity index (χ1n) is 5.36. The lowest BCUT2D eigenvalue weighted by Gasteiger charge is -2.06. The van der Waals surface area contributed by atoms with Gasteiger partial charge in [-0.3, -0.25) is 5.43 Å². The van der Waals surface area contributed by atoms with Crippen LogP contribution in [-0.2, 0) is 0 Å². The highest BCUT2D eigenvalue weighted by atomic mass is 79.9. The fraction of sp³-hybridized carbons (Fsp3) is 0. The molecular weight excluding hydrogens is 389 g/mol. The van der Waals surface area contributed by atoms with Crippen molar-refractivity contribution >= 4 is 62.6 Å². The SMILES string of the molecule is Fc1ccc(C=NNc2c(Cl)cc(Cl)cc2Cl)cc1Br. The Labute approximate surface area is 138 Å². The van der Waals surface area contributed by atoms with Crippen molar-refractivity contribution in [2.24, 2.45) is 5.10 Å². The Kier molecular flexibility index (Phi) is 5.27. The van der Waals surface area contributed by atoms with Crippen LogP contribution < -0.4 is 5.43 Å². The lowest BCUT2D eigenvalue weighted by atomic mass is 10.2. The van der Waals surface area contributed by atoms with Gasteiger partial charge in [0, 0.05) is 5.02 Å². The molecule has 0 aliphatic carbocycles. The lowest BCUT2D eigenvalue weighted by molar-refractivity contribution is 0.621. The van der Waals surface area contributed by atoms with Gasteiger partial charge in [-0.05, 0) is 45.8 Å². The van der Waals surface area contributed by atoms with Gasteiger partial charge in [-0.15, -0.1) is 0 Å². The predicted octanol–water partition coefficient (Wildman–Crippen LogP) is 5.99. The Morgan fingerprint density at radius 2 is 1.75 bits per heavy atom. The van der Waals surface area contributed by atoms with Crippen LogP contribution in [-0.4, -0.2) is 6.21 Å². The Bertz CT molecular complexity index is 654. The second-order valence-corrected chi connectivity index (χ2v) is 5.89. The Hall–Kier alpha value is -0.810. The Morgan fingerprint density at radius 1 is 1.10 bits per heavy atom. The zero-order chi connectivity index (χ0) is 14.7. The average molecular weight is 396 g/mol. The van der Waals surface area contributed by atoms with Crippen molar-refractivity contribution in [2.45, 2.75) is 0 Å². The zero-order valence-corrected chi connectivity index (χ0v) is 13.7. The van der Waals surface area contributed by atoms with Crippen molar-refractivity contribution in [1.29, 1.82) is 0 Å². The summed E-state index contributed by atoms with van der Waals surface area (Å²) in [5.74, 6) is -0.334. The van der Waals surface area contributed by atoms with Crippen LogP contribution in [0.2, 0.25) is 15.1 Å². The second kappa shape index (κ2) is 6.76. The van der Waals surface area contributed by atoms with Gasteiger partial charge < -0.3 is 0 Å². The fourth-order valence-electron chi connectivity index (χ4n) is 1.41. The molecule has 0 unspecified atom stereocenters. The number of anilines is 1. The molecular formula is C13H7BrCl3FN2. The van der Waals surface area contributed by atoms with Gasteiger partial charge in [0.25, 0.3) is 0 Å². The monoisotopic (exact) mass is 394 g/mol. The Morgan fingerprint density at radius 3 is 2.35 bits per heavy atom. The van der Waals surface area contributed by atoms with Crippen molar-refractivity contribution in [3.63, 3.8) is 0 Å². The molecule has 2 nitrogen and oxygen atoms in total. The van der Waals surface area contributed by atoms with Crippen LogP contribution in [0.15, 0.2) is 39.9 Å². The van der Waals surface area contributed by atoms with E-state index in [1.807, 2.05) is 0 Å². The molecule has 0 fully saturated rings. The molecule has 2 aromatic carbocycles. The number of rotatable bonds is 3. The fourth-order valence-corrected chi connectivity index (χ4v) is 2.71. The lowest BCUT2D eigenvalue weighted by Crippen LogP contribution is -1.93. The number of nitrogens with one attached hydrogen (secondary N) is 1. The first-order chi connectivity index (χ1) is 9.47. The third-order valence-electron chi connectivity index (χ3n) is 2.34. The quantitative estimate of drug-likeness (QED) is 0.500. The van der Waals surface area contributed by atoms with Crippen molar-refractivity contribution in [3.8, 4) is 0 Å². The molecule has 7 heteroatoms. The van der Waals surface area contributed by atoms with Crippen LogP contribution in [0.3, 0.4) is 0 Å². The van der Waals surface area contributed by atoms with E-state index in [1.165, 1.54) is 12.3 Å². The molecule has 0 radical (unpaired) electrons. The highest BCUT2D eigenvalue weighted by Crippen LogP contribution is 2.33. The van der Waals surface area contributed by atoms with Gasteiger partial charge in [-0.2, -0.15) is 5.10 Å². The third kappa shape index (κ3) is 3.85. The highest BCUT2D eigenvalue weighted by molar-refractivity contribution is 9.10. The summed E-state index contributed by atoms with van der Waals surface area (Å²) in [4.78, 5) is 0. The maximum atomic E-state index is 13.1. The number of benzene rings is 2. The largest absolute Gasteiger partial charge is 0.275 e. The second-order valence-electron chi connectivity index (χ2n) is 3.79. The first-order valence-corrected chi connectivity index (χ1v) is 7.29. The van der Waals surface area contributed by atoms with Gasteiger partial charge in [-0.1, -0.05) is 40.9 Å².